The van der Waals surface area contributed by atoms with Crippen molar-refractivity contribution in [3.8, 4) is 0 Å². The normalized spacial score (nSPS) is 31.4. The molecule has 2 saturated carbocycles. The second-order valence-corrected chi connectivity index (χ2v) is 7.32. The summed E-state index contributed by atoms with van der Waals surface area (Å²) in [4.78, 5) is 2.74. The summed E-state index contributed by atoms with van der Waals surface area (Å²) in [6, 6.07) is 1.50. The molecule has 3 rings (SSSR count). The highest BCUT2D eigenvalue weighted by Crippen LogP contribution is 2.38. The molecule has 0 bridgehead atoms. The molecule has 1 atom stereocenters. The van der Waals surface area contributed by atoms with Gasteiger partial charge in [-0.15, -0.1) is 0 Å². The SMILES string of the molecule is CCC1COCCN1CC1(CNC2CC2)CCCCC1. The molecule has 0 radical (unpaired) electrons. The van der Waals surface area contributed by atoms with Gasteiger partial charge in [0.05, 0.1) is 13.2 Å². The van der Waals surface area contributed by atoms with E-state index in [1.807, 2.05) is 0 Å². The van der Waals surface area contributed by atoms with Crippen LogP contribution in [0.2, 0.25) is 0 Å². The van der Waals surface area contributed by atoms with Gasteiger partial charge < -0.3 is 10.1 Å². The first-order chi connectivity index (χ1) is 9.81. The maximum atomic E-state index is 5.68. The average Bonchev–Trinajstić information content (AvgIpc) is 3.31. The number of morpholine rings is 1. The van der Waals surface area contributed by atoms with Crippen molar-refractivity contribution in [1.29, 1.82) is 0 Å². The van der Waals surface area contributed by atoms with E-state index in [1.54, 1.807) is 0 Å². The molecule has 0 spiro atoms. The fourth-order valence-electron chi connectivity index (χ4n) is 4.05. The molecule has 116 valence electrons. The number of nitrogens with one attached hydrogen (secondary N) is 1. The molecule has 3 aliphatic rings. The maximum Gasteiger partial charge on any atom is 0.0622 e. The first-order valence-corrected chi connectivity index (χ1v) is 8.86. The quantitative estimate of drug-likeness (QED) is 0.810. The van der Waals surface area contributed by atoms with Crippen LogP contribution in [0.5, 0.6) is 0 Å². The van der Waals surface area contributed by atoms with E-state index in [9.17, 15) is 0 Å². The third kappa shape index (κ3) is 3.75. The van der Waals surface area contributed by atoms with Gasteiger partial charge in [0.25, 0.3) is 0 Å². The zero-order chi connectivity index (χ0) is 13.8. The largest absolute Gasteiger partial charge is 0.378 e. The van der Waals surface area contributed by atoms with Crippen LogP contribution in [0.3, 0.4) is 0 Å². The van der Waals surface area contributed by atoms with Gasteiger partial charge in [-0.2, -0.15) is 0 Å². The second kappa shape index (κ2) is 6.76. The molecule has 1 N–H and O–H groups in total. The summed E-state index contributed by atoms with van der Waals surface area (Å²) in [5.74, 6) is 0. The van der Waals surface area contributed by atoms with Crippen molar-refractivity contribution in [3.63, 3.8) is 0 Å². The molecule has 3 fully saturated rings. The van der Waals surface area contributed by atoms with Crippen LogP contribution >= 0.6 is 0 Å². The maximum absolute atomic E-state index is 5.68. The van der Waals surface area contributed by atoms with Gasteiger partial charge in [0, 0.05) is 31.7 Å². The predicted octanol–water partition coefficient (Wildman–Crippen LogP) is 2.80. The topological polar surface area (TPSA) is 24.5 Å². The summed E-state index contributed by atoms with van der Waals surface area (Å²) in [7, 11) is 0. The summed E-state index contributed by atoms with van der Waals surface area (Å²) in [5.41, 5.74) is 0.547. The van der Waals surface area contributed by atoms with Gasteiger partial charge >= 0.3 is 0 Å². The molecule has 1 heterocycles. The third-order valence-electron chi connectivity index (χ3n) is 5.62. The Hall–Kier alpha value is -0.120. The highest BCUT2D eigenvalue weighted by molar-refractivity contribution is 4.93. The van der Waals surface area contributed by atoms with E-state index >= 15 is 0 Å². The van der Waals surface area contributed by atoms with Crippen molar-refractivity contribution in [1.82, 2.24) is 10.2 Å². The van der Waals surface area contributed by atoms with Crippen LogP contribution in [-0.4, -0.2) is 49.8 Å². The zero-order valence-electron chi connectivity index (χ0n) is 13.2. The van der Waals surface area contributed by atoms with E-state index in [4.69, 9.17) is 4.74 Å². The van der Waals surface area contributed by atoms with Crippen LogP contribution in [0, 0.1) is 5.41 Å². The van der Waals surface area contributed by atoms with Gasteiger partial charge in [-0.1, -0.05) is 26.2 Å². The standard InChI is InChI=1S/C17H32N2O/c1-2-16-12-20-11-10-19(16)14-17(8-4-3-5-9-17)13-18-15-6-7-15/h15-16,18H,2-14H2,1H3. The molecule has 0 aromatic carbocycles. The first-order valence-electron chi connectivity index (χ1n) is 8.86. The third-order valence-corrected chi connectivity index (χ3v) is 5.62. The second-order valence-electron chi connectivity index (χ2n) is 7.32. The molecule has 0 amide bonds. The lowest BCUT2D eigenvalue weighted by Crippen LogP contribution is -2.53. The number of ether oxygens (including phenoxy) is 1. The summed E-state index contributed by atoms with van der Waals surface area (Å²) in [6.07, 6.45) is 11.2. The molecular weight excluding hydrogens is 248 g/mol. The van der Waals surface area contributed by atoms with E-state index in [1.165, 1.54) is 64.5 Å². The van der Waals surface area contributed by atoms with E-state index in [-0.39, 0.29) is 0 Å². The average molecular weight is 280 g/mol. The van der Waals surface area contributed by atoms with Crippen LogP contribution in [-0.2, 0) is 4.74 Å². The van der Waals surface area contributed by atoms with Crippen molar-refractivity contribution in [2.75, 3.05) is 32.8 Å². The smallest absolute Gasteiger partial charge is 0.0622 e. The van der Waals surface area contributed by atoms with Crippen molar-refractivity contribution >= 4 is 0 Å². The van der Waals surface area contributed by atoms with Crippen LogP contribution in [0.25, 0.3) is 0 Å². The monoisotopic (exact) mass is 280 g/mol. The lowest BCUT2D eigenvalue weighted by molar-refractivity contribution is -0.0342. The van der Waals surface area contributed by atoms with Crippen LogP contribution in [0.4, 0.5) is 0 Å². The van der Waals surface area contributed by atoms with Gasteiger partial charge in [0.15, 0.2) is 0 Å². The Balaban J connectivity index is 1.61. The Kier molecular flexibility index (Phi) is 5.00. The van der Waals surface area contributed by atoms with Crippen molar-refractivity contribution in [2.45, 2.75) is 70.4 Å². The minimum atomic E-state index is 0.547. The minimum absolute atomic E-state index is 0.547. The predicted molar refractivity (Wildman–Crippen MR) is 83.0 cm³/mol. The number of hydrogen-bond acceptors (Lipinski definition) is 3. The molecule has 1 unspecified atom stereocenters. The summed E-state index contributed by atoms with van der Waals surface area (Å²) in [6.45, 7) is 7.89. The molecule has 20 heavy (non-hydrogen) atoms. The van der Waals surface area contributed by atoms with Gasteiger partial charge in [0.2, 0.25) is 0 Å². The van der Waals surface area contributed by atoms with Crippen LogP contribution < -0.4 is 5.32 Å². The lowest BCUT2D eigenvalue weighted by atomic mass is 9.73. The summed E-state index contributed by atoms with van der Waals surface area (Å²) >= 11 is 0. The minimum Gasteiger partial charge on any atom is -0.378 e. The summed E-state index contributed by atoms with van der Waals surface area (Å²) in [5, 5.41) is 3.83. The number of nitrogens with zero attached hydrogens (tertiary/aromatic N) is 1. The molecule has 1 saturated heterocycles. The van der Waals surface area contributed by atoms with Gasteiger partial charge in [-0.3, -0.25) is 4.90 Å². The molecular formula is C17H32N2O. The van der Waals surface area contributed by atoms with E-state index < -0.39 is 0 Å². The first kappa shape index (κ1) is 14.8. The van der Waals surface area contributed by atoms with E-state index in [2.05, 4.69) is 17.1 Å². The fourth-order valence-corrected chi connectivity index (χ4v) is 4.05. The number of hydrogen-bond donors (Lipinski definition) is 1. The van der Waals surface area contributed by atoms with Crippen molar-refractivity contribution in [3.05, 3.63) is 0 Å². The van der Waals surface area contributed by atoms with Crippen LogP contribution in [0.15, 0.2) is 0 Å². The van der Waals surface area contributed by atoms with Crippen LogP contribution in [0.1, 0.15) is 58.3 Å². The van der Waals surface area contributed by atoms with Gasteiger partial charge in [-0.05, 0) is 37.5 Å². The molecule has 3 nitrogen and oxygen atoms in total. The zero-order valence-corrected chi connectivity index (χ0v) is 13.2. The van der Waals surface area contributed by atoms with E-state index in [0.29, 0.717) is 11.5 Å². The molecule has 3 heteroatoms. The molecule has 1 aliphatic heterocycles. The number of rotatable bonds is 6. The Morgan fingerprint density at radius 1 is 1.20 bits per heavy atom. The highest BCUT2D eigenvalue weighted by atomic mass is 16.5. The summed E-state index contributed by atoms with van der Waals surface area (Å²) < 4.78 is 5.68. The molecule has 2 aliphatic carbocycles. The van der Waals surface area contributed by atoms with Crippen molar-refractivity contribution < 1.29 is 4.74 Å². The molecule has 0 aromatic heterocycles. The highest BCUT2D eigenvalue weighted by Gasteiger charge is 2.37. The Morgan fingerprint density at radius 3 is 2.70 bits per heavy atom. The fraction of sp³-hybridized carbons (Fsp3) is 1.00. The van der Waals surface area contributed by atoms with Gasteiger partial charge in [-0.25, -0.2) is 0 Å². The Morgan fingerprint density at radius 2 is 2.00 bits per heavy atom. The lowest BCUT2D eigenvalue weighted by Gasteiger charge is -2.45. The Labute approximate surface area is 124 Å². The Bertz CT molecular complexity index is 297. The van der Waals surface area contributed by atoms with Crippen molar-refractivity contribution in [2.24, 2.45) is 5.41 Å². The molecule has 0 aromatic rings. The van der Waals surface area contributed by atoms with E-state index in [0.717, 1.165) is 25.8 Å². The van der Waals surface area contributed by atoms with Gasteiger partial charge in [0.1, 0.15) is 0 Å².